The lowest BCUT2D eigenvalue weighted by Gasteiger charge is -2.01. The normalized spacial score (nSPS) is 13.0. The summed E-state index contributed by atoms with van der Waals surface area (Å²) in [6, 6.07) is 0. The van der Waals surface area contributed by atoms with Crippen molar-refractivity contribution >= 4 is 5.97 Å². The Morgan fingerprint density at radius 1 is 1.54 bits per heavy atom. The van der Waals surface area contributed by atoms with Crippen LogP contribution in [0.3, 0.4) is 0 Å². The van der Waals surface area contributed by atoms with Gasteiger partial charge in [0.15, 0.2) is 0 Å². The SMILES string of the molecule is C=CCCC/C=C/C(CC)C(=O)O. The molecule has 0 fully saturated rings. The molecule has 74 valence electrons. The number of aliphatic carboxylic acids is 1. The summed E-state index contributed by atoms with van der Waals surface area (Å²) in [4.78, 5) is 10.6. The summed E-state index contributed by atoms with van der Waals surface area (Å²) in [5.74, 6) is -1.05. The molecular formula is C11H18O2. The molecule has 0 aromatic carbocycles. The molecule has 0 aromatic rings. The van der Waals surface area contributed by atoms with Gasteiger partial charge in [-0.05, 0) is 25.7 Å². The minimum Gasteiger partial charge on any atom is -0.481 e. The second kappa shape index (κ2) is 7.59. The van der Waals surface area contributed by atoms with Crippen molar-refractivity contribution in [3.8, 4) is 0 Å². The topological polar surface area (TPSA) is 37.3 Å². The number of unbranched alkanes of at least 4 members (excludes halogenated alkanes) is 2. The monoisotopic (exact) mass is 182 g/mol. The molecule has 0 saturated heterocycles. The molecule has 1 unspecified atom stereocenters. The molecule has 2 nitrogen and oxygen atoms in total. The van der Waals surface area contributed by atoms with Gasteiger partial charge in [0.1, 0.15) is 0 Å². The summed E-state index contributed by atoms with van der Waals surface area (Å²) in [6.07, 6.45) is 9.26. The minimum absolute atomic E-state index is 0.316. The highest BCUT2D eigenvalue weighted by atomic mass is 16.4. The smallest absolute Gasteiger partial charge is 0.310 e. The van der Waals surface area contributed by atoms with E-state index in [0.717, 1.165) is 19.3 Å². The Labute approximate surface area is 80.0 Å². The van der Waals surface area contributed by atoms with Gasteiger partial charge in [0.2, 0.25) is 0 Å². The molecule has 13 heavy (non-hydrogen) atoms. The molecule has 0 aliphatic heterocycles. The van der Waals surface area contributed by atoms with E-state index in [4.69, 9.17) is 5.11 Å². The van der Waals surface area contributed by atoms with Crippen LogP contribution in [0.15, 0.2) is 24.8 Å². The molecule has 0 saturated carbocycles. The van der Waals surface area contributed by atoms with Gasteiger partial charge in [0.05, 0.1) is 5.92 Å². The third kappa shape index (κ3) is 6.14. The summed E-state index contributed by atoms with van der Waals surface area (Å²) in [5, 5.41) is 8.71. The number of carboxylic acids is 1. The third-order valence-electron chi connectivity index (χ3n) is 1.90. The zero-order valence-electron chi connectivity index (χ0n) is 8.20. The molecular weight excluding hydrogens is 164 g/mol. The van der Waals surface area contributed by atoms with Crippen LogP contribution in [0.1, 0.15) is 32.6 Å². The van der Waals surface area contributed by atoms with Crippen molar-refractivity contribution in [2.75, 3.05) is 0 Å². The summed E-state index contributed by atoms with van der Waals surface area (Å²) < 4.78 is 0. The Balaban J connectivity index is 3.67. The van der Waals surface area contributed by atoms with E-state index in [1.54, 1.807) is 6.08 Å². The maximum atomic E-state index is 10.6. The van der Waals surface area contributed by atoms with Crippen LogP contribution < -0.4 is 0 Å². The van der Waals surface area contributed by atoms with E-state index in [-0.39, 0.29) is 5.92 Å². The average Bonchev–Trinajstić information content (AvgIpc) is 2.10. The van der Waals surface area contributed by atoms with Crippen molar-refractivity contribution in [1.29, 1.82) is 0 Å². The lowest BCUT2D eigenvalue weighted by atomic mass is 10.1. The number of hydrogen-bond donors (Lipinski definition) is 1. The molecule has 2 heteroatoms. The van der Waals surface area contributed by atoms with Gasteiger partial charge >= 0.3 is 5.97 Å². The van der Waals surface area contributed by atoms with Gasteiger partial charge in [0.25, 0.3) is 0 Å². The predicted molar refractivity (Wildman–Crippen MR) is 54.6 cm³/mol. The summed E-state index contributed by atoms with van der Waals surface area (Å²) >= 11 is 0. The largest absolute Gasteiger partial charge is 0.481 e. The molecule has 1 N–H and O–H groups in total. The first-order valence-electron chi connectivity index (χ1n) is 4.72. The molecule has 0 spiro atoms. The number of hydrogen-bond acceptors (Lipinski definition) is 1. The van der Waals surface area contributed by atoms with E-state index in [1.165, 1.54) is 0 Å². The minimum atomic E-state index is -0.734. The first-order chi connectivity index (χ1) is 6.22. The van der Waals surface area contributed by atoms with Crippen LogP contribution >= 0.6 is 0 Å². The van der Waals surface area contributed by atoms with Crippen molar-refractivity contribution < 1.29 is 9.90 Å². The van der Waals surface area contributed by atoms with Crippen LogP contribution in [0.2, 0.25) is 0 Å². The fourth-order valence-electron chi connectivity index (χ4n) is 1.03. The van der Waals surface area contributed by atoms with Gasteiger partial charge in [0, 0.05) is 0 Å². The van der Waals surface area contributed by atoms with Crippen LogP contribution in [0.25, 0.3) is 0 Å². The number of rotatable bonds is 7. The predicted octanol–water partition coefficient (Wildman–Crippen LogP) is 3.01. The molecule has 0 aliphatic carbocycles. The number of carboxylic acid groups (broad SMARTS) is 1. The van der Waals surface area contributed by atoms with E-state index < -0.39 is 5.97 Å². The van der Waals surface area contributed by atoms with Crippen LogP contribution in [-0.2, 0) is 4.79 Å². The zero-order valence-corrected chi connectivity index (χ0v) is 8.20. The van der Waals surface area contributed by atoms with Crippen molar-refractivity contribution in [1.82, 2.24) is 0 Å². The maximum absolute atomic E-state index is 10.6. The highest BCUT2D eigenvalue weighted by Gasteiger charge is 2.09. The summed E-state index contributed by atoms with van der Waals surface area (Å²) in [5.41, 5.74) is 0. The fraction of sp³-hybridized carbons (Fsp3) is 0.545. The van der Waals surface area contributed by atoms with Crippen LogP contribution in [0.5, 0.6) is 0 Å². The quantitative estimate of drug-likeness (QED) is 0.485. The van der Waals surface area contributed by atoms with Crippen molar-refractivity contribution in [2.45, 2.75) is 32.6 Å². The van der Waals surface area contributed by atoms with E-state index in [2.05, 4.69) is 6.58 Å². The Morgan fingerprint density at radius 3 is 2.69 bits per heavy atom. The van der Waals surface area contributed by atoms with Gasteiger partial charge in [-0.25, -0.2) is 0 Å². The van der Waals surface area contributed by atoms with Crippen LogP contribution in [-0.4, -0.2) is 11.1 Å². The van der Waals surface area contributed by atoms with Gasteiger partial charge in [-0.2, -0.15) is 0 Å². The number of carbonyl (C=O) groups is 1. The summed E-state index contributed by atoms with van der Waals surface area (Å²) in [6.45, 7) is 5.50. The average molecular weight is 182 g/mol. The molecule has 0 bridgehead atoms. The number of allylic oxidation sites excluding steroid dienone is 2. The van der Waals surface area contributed by atoms with E-state index >= 15 is 0 Å². The van der Waals surface area contributed by atoms with Crippen LogP contribution in [0, 0.1) is 5.92 Å². The fourth-order valence-corrected chi connectivity index (χ4v) is 1.03. The first-order valence-corrected chi connectivity index (χ1v) is 4.72. The molecule has 0 aromatic heterocycles. The lowest BCUT2D eigenvalue weighted by Crippen LogP contribution is -2.08. The van der Waals surface area contributed by atoms with E-state index in [9.17, 15) is 4.79 Å². The first kappa shape index (κ1) is 11.9. The standard InChI is InChI=1S/C11H18O2/c1-3-5-6-7-8-9-10(4-2)11(12)13/h3,8-10H,1,4-7H2,2H3,(H,12,13)/b9-8+. The molecule has 0 aliphatic rings. The van der Waals surface area contributed by atoms with Gasteiger partial charge in [-0.1, -0.05) is 25.2 Å². The summed E-state index contributed by atoms with van der Waals surface area (Å²) in [7, 11) is 0. The second-order valence-electron chi connectivity index (χ2n) is 3.00. The maximum Gasteiger partial charge on any atom is 0.310 e. The Bertz CT molecular complexity index is 183. The highest BCUT2D eigenvalue weighted by molar-refractivity contribution is 5.71. The van der Waals surface area contributed by atoms with Crippen molar-refractivity contribution in [2.24, 2.45) is 5.92 Å². The van der Waals surface area contributed by atoms with Gasteiger partial charge in [-0.3, -0.25) is 4.79 Å². The highest BCUT2D eigenvalue weighted by Crippen LogP contribution is 2.06. The Morgan fingerprint density at radius 2 is 2.23 bits per heavy atom. The molecule has 0 amide bonds. The lowest BCUT2D eigenvalue weighted by molar-refractivity contribution is -0.140. The molecule has 0 heterocycles. The van der Waals surface area contributed by atoms with Crippen molar-refractivity contribution in [3.63, 3.8) is 0 Å². The zero-order chi connectivity index (χ0) is 10.1. The van der Waals surface area contributed by atoms with Crippen molar-refractivity contribution in [3.05, 3.63) is 24.8 Å². The molecule has 0 rings (SSSR count). The Hall–Kier alpha value is -1.05. The molecule has 1 atom stereocenters. The van der Waals surface area contributed by atoms with Crippen LogP contribution in [0.4, 0.5) is 0 Å². The third-order valence-corrected chi connectivity index (χ3v) is 1.90. The van der Waals surface area contributed by atoms with Gasteiger partial charge in [-0.15, -0.1) is 6.58 Å². The Kier molecular flexibility index (Phi) is 6.98. The second-order valence-corrected chi connectivity index (χ2v) is 3.00. The van der Waals surface area contributed by atoms with E-state index in [0.29, 0.717) is 6.42 Å². The molecule has 0 radical (unpaired) electrons. The van der Waals surface area contributed by atoms with E-state index in [1.807, 2.05) is 19.1 Å². The van der Waals surface area contributed by atoms with Gasteiger partial charge < -0.3 is 5.11 Å².